The molecule has 7 heteroatoms. The van der Waals surface area contributed by atoms with Gasteiger partial charge in [-0.1, -0.05) is 72.3 Å². The molecule has 0 fully saturated rings. The lowest BCUT2D eigenvalue weighted by molar-refractivity contribution is 0.414. The molecule has 0 aliphatic carbocycles. The maximum absolute atomic E-state index is 5.36. The van der Waals surface area contributed by atoms with E-state index in [9.17, 15) is 0 Å². The second-order valence-electron chi connectivity index (χ2n) is 8.13. The maximum Gasteiger partial charge on any atom is 0.229 e. The van der Waals surface area contributed by atoms with Crippen molar-refractivity contribution in [1.82, 2.24) is 15.0 Å². The number of benzene rings is 3. The smallest absolute Gasteiger partial charge is 0.229 e. The van der Waals surface area contributed by atoms with Crippen LogP contribution in [-0.2, 0) is 13.1 Å². The van der Waals surface area contributed by atoms with Crippen molar-refractivity contribution in [3.63, 3.8) is 0 Å². The Labute approximate surface area is 200 Å². The van der Waals surface area contributed by atoms with E-state index in [0.717, 1.165) is 22.4 Å². The standard InChI is InChI=1S/C27H30N6O/c1-19-12-14-22(15-13-19)18-29-26-31-25(28-17-21-8-5-4-6-9-21)32-27(33-26)30-20(2)23-10-7-11-24(16-23)34-3/h4-16,20H,17-18H2,1-3H3,(H3,28,29,30,31,32,33). The summed E-state index contributed by atoms with van der Waals surface area (Å²) >= 11 is 0. The lowest BCUT2D eigenvalue weighted by Crippen LogP contribution is -2.14. The fraction of sp³-hybridized carbons (Fsp3) is 0.222. The highest BCUT2D eigenvalue weighted by Gasteiger charge is 2.12. The summed E-state index contributed by atoms with van der Waals surface area (Å²) in [6, 6.07) is 26.5. The van der Waals surface area contributed by atoms with Crippen molar-refractivity contribution in [2.75, 3.05) is 23.1 Å². The molecule has 34 heavy (non-hydrogen) atoms. The average molecular weight is 455 g/mol. The first-order valence-corrected chi connectivity index (χ1v) is 11.3. The fourth-order valence-electron chi connectivity index (χ4n) is 3.45. The minimum atomic E-state index is -0.0237. The van der Waals surface area contributed by atoms with Crippen LogP contribution in [0.3, 0.4) is 0 Å². The van der Waals surface area contributed by atoms with Gasteiger partial charge in [0.15, 0.2) is 0 Å². The molecule has 0 saturated carbocycles. The van der Waals surface area contributed by atoms with Gasteiger partial charge < -0.3 is 20.7 Å². The minimum absolute atomic E-state index is 0.0237. The van der Waals surface area contributed by atoms with Crippen LogP contribution >= 0.6 is 0 Å². The molecular formula is C27H30N6O. The number of aryl methyl sites for hydroxylation is 1. The third-order valence-electron chi connectivity index (χ3n) is 5.44. The molecule has 0 aliphatic heterocycles. The van der Waals surface area contributed by atoms with Crippen LogP contribution < -0.4 is 20.7 Å². The van der Waals surface area contributed by atoms with Crippen molar-refractivity contribution < 1.29 is 4.74 Å². The fourth-order valence-corrected chi connectivity index (χ4v) is 3.45. The second kappa shape index (κ2) is 11.1. The van der Waals surface area contributed by atoms with Gasteiger partial charge >= 0.3 is 0 Å². The van der Waals surface area contributed by atoms with Crippen LogP contribution in [0.15, 0.2) is 78.9 Å². The van der Waals surface area contributed by atoms with Crippen LogP contribution in [0.5, 0.6) is 5.75 Å². The molecule has 1 unspecified atom stereocenters. The van der Waals surface area contributed by atoms with E-state index in [0.29, 0.717) is 30.9 Å². The van der Waals surface area contributed by atoms with Gasteiger partial charge in [-0.05, 0) is 42.7 Å². The molecule has 0 spiro atoms. The monoisotopic (exact) mass is 454 g/mol. The quantitative estimate of drug-likeness (QED) is 0.288. The Balaban J connectivity index is 1.52. The van der Waals surface area contributed by atoms with Gasteiger partial charge in [-0.2, -0.15) is 15.0 Å². The zero-order valence-corrected chi connectivity index (χ0v) is 19.7. The van der Waals surface area contributed by atoms with E-state index in [2.05, 4.69) is 81.1 Å². The number of methoxy groups -OCH3 is 1. The Morgan fingerprint density at radius 3 is 2.00 bits per heavy atom. The van der Waals surface area contributed by atoms with Crippen molar-refractivity contribution in [1.29, 1.82) is 0 Å². The van der Waals surface area contributed by atoms with Crippen LogP contribution in [0.4, 0.5) is 17.8 Å². The molecule has 1 aromatic heterocycles. The Hall–Kier alpha value is -4.13. The lowest BCUT2D eigenvalue weighted by atomic mass is 10.1. The molecule has 4 aromatic rings. The number of aromatic nitrogens is 3. The molecule has 174 valence electrons. The Morgan fingerprint density at radius 1 is 0.735 bits per heavy atom. The van der Waals surface area contributed by atoms with Crippen molar-refractivity contribution in [2.24, 2.45) is 0 Å². The highest BCUT2D eigenvalue weighted by Crippen LogP contribution is 2.22. The van der Waals surface area contributed by atoms with Crippen molar-refractivity contribution >= 4 is 17.8 Å². The van der Waals surface area contributed by atoms with E-state index in [-0.39, 0.29) is 6.04 Å². The summed E-state index contributed by atoms with van der Waals surface area (Å²) in [5.41, 5.74) is 4.61. The third kappa shape index (κ3) is 6.45. The van der Waals surface area contributed by atoms with Crippen molar-refractivity contribution in [2.45, 2.75) is 33.0 Å². The number of hydrogen-bond donors (Lipinski definition) is 3. The minimum Gasteiger partial charge on any atom is -0.497 e. The summed E-state index contributed by atoms with van der Waals surface area (Å²) in [6.45, 7) is 5.38. The first kappa shape index (κ1) is 23.0. The first-order chi connectivity index (χ1) is 16.6. The number of rotatable bonds is 10. The molecular weight excluding hydrogens is 424 g/mol. The summed E-state index contributed by atoms with van der Waals surface area (Å²) in [7, 11) is 1.67. The largest absolute Gasteiger partial charge is 0.497 e. The van der Waals surface area contributed by atoms with E-state index in [1.165, 1.54) is 5.56 Å². The predicted octanol–water partition coefficient (Wildman–Crippen LogP) is 5.59. The van der Waals surface area contributed by atoms with Crippen LogP contribution in [0.2, 0.25) is 0 Å². The molecule has 3 aromatic carbocycles. The SMILES string of the molecule is COc1cccc(C(C)Nc2nc(NCc3ccccc3)nc(NCc3ccc(C)cc3)n2)c1. The molecule has 1 atom stereocenters. The second-order valence-corrected chi connectivity index (χ2v) is 8.13. The molecule has 0 saturated heterocycles. The number of ether oxygens (including phenoxy) is 1. The molecule has 0 radical (unpaired) electrons. The van der Waals surface area contributed by atoms with Gasteiger partial charge in [0.2, 0.25) is 17.8 Å². The zero-order valence-electron chi connectivity index (χ0n) is 19.7. The van der Waals surface area contributed by atoms with Gasteiger partial charge in [0.1, 0.15) is 5.75 Å². The van der Waals surface area contributed by atoms with E-state index in [4.69, 9.17) is 4.74 Å². The van der Waals surface area contributed by atoms with Crippen LogP contribution in [0.25, 0.3) is 0 Å². The predicted molar refractivity (Wildman–Crippen MR) is 137 cm³/mol. The normalized spacial score (nSPS) is 11.5. The topological polar surface area (TPSA) is 84.0 Å². The first-order valence-electron chi connectivity index (χ1n) is 11.3. The summed E-state index contributed by atoms with van der Waals surface area (Å²) in [5, 5.41) is 10.0. The molecule has 0 aliphatic rings. The van der Waals surface area contributed by atoms with Crippen LogP contribution in [0.1, 0.15) is 35.2 Å². The summed E-state index contributed by atoms with van der Waals surface area (Å²) < 4.78 is 5.36. The highest BCUT2D eigenvalue weighted by atomic mass is 16.5. The van der Waals surface area contributed by atoms with Crippen molar-refractivity contribution in [3.05, 3.63) is 101 Å². The van der Waals surface area contributed by atoms with Gasteiger partial charge in [0.25, 0.3) is 0 Å². The average Bonchev–Trinajstić information content (AvgIpc) is 2.88. The van der Waals surface area contributed by atoms with Gasteiger partial charge in [0.05, 0.1) is 13.2 Å². The Bertz CT molecular complexity index is 1200. The van der Waals surface area contributed by atoms with Crippen LogP contribution in [0, 0.1) is 6.92 Å². The van der Waals surface area contributed by atoms with Gasteiger partial charge in [-0.3, -0.25) is 0 Å². The Kier molecular flexibility index (Phi) is 7.55. The van der Waals surface area contributed by atoms with E-state index in [1.54, 1.807) is 7.11 Å². The van der Waals surface area contributed by atoms with E-state index >= 15 is 0 Å². The Morgan fingerprint density at radius 2 is 1.35 bits per heavy atom. The summed E-state index contributed by atoms with van der Waals surface area (Å²) in [6.07, 6.45) is 0. The van der Waals surface area contributed by atoms with Crippen LogP contribution in [-0.4, -0.2) is 22.1 Å². The number of anilines is 3. The maximum atomic E-state index is 5.36. The third-order valence-corrected chi connectivity index (χ3v) is 5.44. The molecule has 7 nitrogen and oxygen atoms in total. The van der Waals surface area contributed by atoms with E-state index < -0.39 is 0 Å². The van der Waals surface area contributed by atoms with Gasteiger partial charge in [-0.15, -0.1) is 0 Å². The highest BCUT2D eigenvalue weighted by molar-refractivity contribution is 5.45. The van der Waals surface area contributed by atoms with Gasteiger partial charge in [0, 0.05) is 13.1 Å². The molecule has 4 rings (SSSR count). The summed E-state index contributed by atoms with van der Waals surface area (Å²) in [4.78, 5) is 13.8. The van der Waals surface area contributed by atoms with Gasteiger partial charge in [-0.25, -0.2) is 0 Å². The van der Waals surface area contributed by atoms with Crippen molar-refractivity contribution in [3.8, 4) is 5.75 Å². The summed E-state index contributed by atoms with van der Waals surface area (Å²) in [5.74, 6) is 2.32. The molecule has 0 bridgehead atoms. The lowest BCUT2D eigenvalue weighted by Gasteiger charge is -2.17. The number of nitrogens with one attached hydrogen (secondary N) is 3. The molecule has 1 heterocycles. The molecule has 3 N–H and O–H groups in total. The molecule has 0 amide bonds. The van der Waals surface area contributed by atoms with E-state index in [1.807, 2.05) is 42.5 Å². The number of nitrogens with zero attached hydrogens (tertiary/aromatic N) is 3. The zero-order chi connectivity index (χ0) is 23.8. The number of hydrogen-bond acceptors (Lipinski definition) is 7.